The standard InChI is InChI=1S/C18H15Cl2NO2S/c1-21(10-11-23-14-8-4-3-7-13(14)19)18(22)17-16(20)12-6-2-5-9-15(12)24-17/h2-9H,10-11H2,1H3. The Morgan fingerprint density at radius 2 is 1.83 bits per heavy atom. The maximum Gasteiger partial charge on any atom is 0.265 e. The van der Waals surface area contributed by atoms with Gasteiger partial charge in [-0.25, -0.2) is 0 Å². The molecule has 0 fully saturated rings. The SMILES string of the molecule is CN(CCOc1ccccc1Cl)C(=O)c1sc2ccccc2c1Cl. The van der Waals surface area contributed by atoms with Crippen LogP contribution < -0.4 is 4.74 Å². The van der Waals surface area contributed by atoms with Crippen LogP contribution in [0.5, 0.6) is 5.75 Å². The molecule has 3 rings (SSSR count). The molecule has 0 atom stereocenters. The molecule has 0 spiro atoms. The number of hydrogen-bond donors (Lipinski definition) is 0. The molecule has 0 saturated heterocycles. The van der Waals surface area contributed by atoms with Crippen LogP contribution in [0.3, 0.4) is 0 Å². The number of benzene rings is 2. The van der Waals surface area contributed by atoms with Gasteiger partial charge in [0.1, 0.15) is 17.2 Å². The summed E-state index contributed by atoms with van der Waals surface area (Å²) in [4.78, 5) is 14.8. The van der Waals surface area contributed by atoms with Gasteiger partial charge in [-0.2, -0.15) is 0 Å². The van der Waals surface area contributed by atoms with Crippen LogP contribution >= 0.6 is 34.5 Å². The van der Waals surface area contributed by atoms with E-state index in [4.69, 9.17) is 27.9 Å². The Labute approximate surface area is 154 Å². The zero-order chi connectivity index (χ0) is 17.1. The summed E-state index contributed by atoms with van der Waals surface area (Å²) in [5.41, 5.74) is 0. The quantitative estimate of drug-likeness (QED) is 0.597. The van der Waals surface area contributed by atoms with Crippen LogP contribution in [0.25, 0.3) is 10.1 Å². The molecule has 2 aromatic carbocycles. The van der Waals surface area contributed by atoms with Crippen LogP contribution in [0, 0.1) is 0 Å². The molecule has 0 aliphatic heterocycles. The molecule has 0 saturated carbocycles. The molecule has 0 aliphatic carbocycles. The van der Waals surface area contributed by atoms with Crippen LogP contribution in [-0.2, 0) is 0 Å². The van der Waals surface area contributed by atoms with Crippen molar-refractivity contribution in [1.82, 2.24) is 4.90 Å². The van der Waals surface area contributed by atoms with E-state index in [2.05, 4.69) is 0 Å². The predicted octanol–water partition coefficient (Wildman–Crippen LogP) is 5.36. The molecule has 0 bridgehead atoms. The summed E-state index contributed by atoms with van der Waals surface area (Å²) in [5, 5.41) is 1.98. The van der Waals surface area contributed by atoms with Crippen molar-refractivity contribution < 1.29 is 9.53 Å². The molecular weight excluding hydrogens is 365 g/mol. The Hall–Kier alpha value is -1.75. The highest BCUT2D eigenvalue weighted by Crippen LogP contribution is 2.35. The van der Waals surface area contributed by atoms with Gasteiger partial charge in [0.25, 0.3) is 5.91 Å². The summed E-state index contributed by atoms with van der Waals surface area (Å²) >= 11 is 13.8. The van der Waals surface area contributed by atoms with E-state index >= 15 is 0 Å². The van der Waals surface area contributed by atoms with Gasteiger partial charge in [-0.15, -0.1) is 11.3 Å². The molecular formula is C18H15Cl2NO2S. The van der Waals surface area contributed by atoms with Crippen LogP contribution in [0.1, 0.15) is 9.67 Å². The second-order valence-electron chi connectivity index (χ2n) is 5.25. The van der Waals surface area contributed by atoms with E-state index < -0.39 is 0 Å². The van der Waals surface area contributed by atoms with Gasteiger partial charge in [-0.1, -0.05) is 53.5 Å². The molecule has 0 N–H and O–H groups in total. The lowest BCUT2D eigenvalue weighted by Gasteiger charge is -2.17. The zero-order valence-electron chi connectivity index (χ0n) is 13.0. The second kappa shape index (κ2) is 7.43. The number of hydrogen-bond acceptors (Lipinski definition) is 3. The third-order valence-corrected chi connectivity index (χ3v) is 5.57. The van der Waals surface area contributed by atoms with E-state index in [1.165, 1.54) is 11.3 Å². The maximum atomic E-state index is 12.6. The van der Waals surface area contributed by atoms with Gasteiger partial charge in [-0.3, -0.25) is 4.79 Å². The molecule has 0 radical (unpaired) electrons. The van der Waals surface area contributed by atoms with E-state index in [-0.39, 0.29) is 5.91 Å². The molecule has 124 valence electrons. The Bertz CT molecular complexity index is 878. The van der Waals surface area contributed by atoms with Crippen LogP contribution in [-0.4, -0.2) is 31.0 Å². The first-order valence-electron chi connectivity index (χ1n) is 7.37. The zero-order valence-corrected chi connectivity index (χ0v) is 15.3. The van der Waals surface area contributed by atoms with Crippen molar-refractivity contribution in [2.45, 2.75) is 0 Å². The Morgan fingerprint density at radius 1 is 1.12 bits per heavy atom. The number of carbonyl (C=O) groups is 1. The third kappa shape index (κ3) is 3.51. The van der Waals surface area contributed by atoms with Gasteiger partial charge < -0.3 is 9.64 Å². The summed E-state index contributed by atoms with van der Waals surface area (Å²) in [7, 11) is 1.74. The van der Waals surface area contributed by atoms with Crippen LogP contribution in [0.4, 0.5) is 0 Å². The Balaban J connectivity index is 1.66. The first-order valence-corrected chi connectivity index (χ1v) is 8.95. The minimum atomic E-state index is -0.107. The Morgan fingerprint density at radius 3 is 2.58 bits per heavy atom. The smallest absolute Gasteiger partial charge is 0.265 e. The van der Waals surface area contributed by atoms with Crippen LogP contribution in [0.15, 0.2) is 48.5 Å². The van der Waals surface area contributed by atoms with E-state index in [0.717, 1.165) is 10.1 Å². The number of rotatable bonds is 5. The topological polar surface area (TPSA) is 29.5 Å². The number of ether oxygens (including phenoxy) is 1. The van der Waals surface area contributed by atoms with Crippen molar-refractivity contribution in [1.29, 1.82) is 0 Å². The average Bonchev–Trinajstić information content (AvgIpc) is 2.93. The molecule has 1 heterocycles. The molecule has 6 heteroatoms. The van der Waals surface area contributed by atoms with E-state index in [0.29, 0.717) is 33.8 Å². The van der Waals surface area contributed by atoms with Gasteiger partial charge in [-0.05, 0) is 18.2 Å². The average molecular weight is 380 g/mol. The van der Waals surface area contributed by atoms with Crippen molar-refractivity contribution in [3.63, 3.8) is 0 Å². The van der Waals surface area contributed by atoms with E-state index in [1.807, 2.05) is 36.4 Å². The summed E-state index contributed by atoms with van der Waals surface area (Å²) < 4.78 is 6.63. The monoisotopic (exact) mass is 379 g/mol. The number of amides is 1. The van der Waals surface area contributed by atoms with Crippen molar-refractivity contribution in [3.8, 4) is 5.75 Å². The Kier molecular flexibility index (Phi) is 5.29. The summed E-state index contributed by atoms with van der Waals surface area (Å²) in [6.07, 6.45) is 0. The molecule has 0 unspecified atom stereocenters. The summed E-state index contributed by atoms with van der Waals surface area (Å²) in [5.74, 6) is 0.504. The van der Waals surface area contributed by atoms with E-state index in [1.54, 1.807) is 24.1 Å². The van der Waals surface area contributed by atoms with Gasteiger partial charge in [0, 0.05) is 17.1 Å². The number of nitrogens with zero attached hydrogens (tertiary/aromatic N) is 1. The van der Waals surface area contributed by atoms with Gasteiger partial charge >= 0.3 is 0 Å². The fourth-order valence-electron chi connectivity index (χ4n) is 2.28. The molecule has 0 aliphatic rings. The number of carbonyl (C=O) groups excluding carboxylic acids is 1. The number of thiophene rings is 1. The second-order valence-corrected chi connectivity index (χ2v) is 7.08. The summed E-state index contributed by atoms with van der Waals surface area (Å²) in [6.45, 7) is 0.795. The molecule has 1 amide bonds. The van der Waals surface area contributed by atoms with Gasteiger partial charge in [0.15, 0.2) is 0 Å². The van der Waals surface area contributed by atoms with Gasteiger partial charge in [0.05, 0.1) is 16.6 Å². The molecule has 3 nitrogen and oxygen atoms in total. The lowest BCUT2D eigenvalue weighted by atomic mass is 10.2. The first-order chi connectivity index (χ1) is 11.6. The number of para-hydroxylation sites is 1. The van der Waals surface area contributed by atoms with E-state index in [9.17, 15) is 4.79 Å². The van der Waals surface area contributed by atoms with Crippen molar-refractivity contribution in [3.05, 3.63) is 63.5 Å². The fraction of sp³-hybridized carbons (Fsp3) is 0.167. The number of likely N-dealkylation sites (N-methyl/N-ethyl adjacent to an activating group) is 1. The minimum Gasteiger partial charge on any atom is -0.490 e. The number of fused-ring (bicyclic) bond motifs is 1. The highest BCUT2D eigenvalue weighted by molar-refractivity contribution is 7.21. The largest absolute Gasteiger partial charge is 0.490 e. The summed E-state index contributed by atoms with van der Waals surface area (Å²) in [6, 6.07) is 15.0. The normalized spacial score (nSPS) is 10.8. The van der Waals surface area contributed by atoms with Crippen molar-refractivity contribution in [2.24, 2.45) is 0 Å². The lowest BCUT2D eigenvalue weighted by Crippen LogP contribution is -2.30. The fourth-order valence-corrected chi connectivity index (χ4v) is 3.98. The highest BCUT2D eigenvalue weighted by atomic mass is 35.5. The highest BCUT2D eigenvalue weighted by Gasteiger charge is 2.20. The molecule has 3 aromatic rings. The first kappa shape index (κ1) is 17.1. The van der Waals surface area contributed by atoms with Crippen molar-refractivity contribution in [2.75, 3.05) is 20.2 Å². The van der Waals surface area contributed by atoms with Crippen LogP contribution in [0.2, 0.25) is 10.0 Å². The number of halogens is 2. The predicted molar refractivity (Wildman–Crippen MR) is 101 cm³/mol. The molecule has 24 heavy (non-hydrogen) atoms. The third-order valence-electron chi connectivity index (χ3n) is 3.60. The lowest BCUT2D eigenvalue weighted by molar-refractivity contribution is 0.0779. The van der Waals surface area contributed by atoms with Gasteiger partial charge in [0.2, 0.25) is 0 Å². The van der Waals surface area contributed by atoms with Crippen molar-refractivity contribution >= 4 is 50.5 Å². The molecule has 1 aromatic heterocycles. The minimum absolute atomic E-state index is 0.107. The maximum absolute atomic E-state index is 12.6.